The van der Waals surface area contributed by atoms with Gasteiger partial charge < -0.3 is 29.9 Å². The Balaban J connectivity index is 1.29. The first-order valence-corrected chi connectivity index (χ1v) is 14.3. The third-order valence-electron chi connectivity index (χ3n) is 8.15. The van der Waals surface area contributed by atoms with E-state index in [1.165, 1.54) is 11.0 Å². The van der Waals surface area contributed by atoms with Crippen molar-refractivity contribution in [2.75, 3.05) is 37.4 Å². The molecule has 43 heavy (non-hydrogen) atoms. The highest BCUT2D eigenvalue weighted by Crippen LogP contribution is 2.38. The summed E-state index contributed by atoms with van der Waals surface area (Å²) in [6.07, 6.45) is 1.63. The van der Waals surface area contributed by atoms with Gasteiger partial charge in [0.25, 0.3) is 5.91 Å². The molecule has 0 unspecified atom stereocenters. The van der Waals surface area contributed by atoms with Gasteiger partial charge in [-0.25, -0.2) is 13.6 Å². The predicted molar refractivity (Wildman–Crippen MR) is 155 cm³/mol. The molecule has 1 saturated heterocycles. The average Bonchev–Trinajstić information content (AvgIpc) is 3.85. The Morgan fingerprint density at radius 1 is 0.977 bits per heavy atom. The number of piperidine rings is 1. The van der Waals surface area contributed by atoms with Crippen LogP contribution in [0.1, 0.15) is 35.2 Å². The number of urea groups is 1. The molecule has 1 aliphatic carbocycles. The zero-order valence-electron chi connectivity index (χ0n) is 23.6. The number of amides is 4. The van der Waals surface area contributed by atoms with Crippen LogP contribution in [0.5, 0.6) is 11.5 Å². The van der Waals surface area contributed by atoms with Crippen molar-refractivity contribution in [1.29, 1.82) is 0 Å². The van der Waals surface area contributed by atoms with E-state index < -0.39 is 23.8 Å². The fourth-order valence-electron chi connectivity index (χ4n) is 5.56. The van der Waals surface area contributed by atoms with Crippen molar-refractivity contribution in [2.45, 2.75) is 31.9 Å². The maximum absolute atomic E-state index is 14.2. The molecular weight excluding hydrogens is 558 g/mol. The maximum Gasteiger partial charge on any atom is 0.322 e. The molecule has 0 spiro atoms. The minimum absolute atomic E-state index is 0.0554. The molecule has 2 heterocycles. The summed E-state index contributed by atoms with van der Waals surface area (Å²) in [7, 11) is 1.59. The Kier molecular flexibility index (Phi) is 7.88. The molecule has 9 nitrogen and oxygen atoms in total. The summed E-state index contributed by atoms with van der Waals surface area (Å²) < 4.78 is 39.4. The fourth-order valence-corrected chi connectivity index (χ4v) is 5.56. The Hall–Kier alpha value is -4.67. The van der Waals surface area contributed by atoms with E-state index in [2.05, 4.69) is 10.6 Å². The summed E-state index contributed by atoms with van der Waals surface area (Å²) in [6.45, 7) is 1.23. The molecule has 224 valence electrons. The Labute approximate surface area is 247 Å². The molecule has 3 aromatic rings. The standard InChI is InChI=1S/C32H32F2N4O5/c1-42-23-10-5-19(6-11-23)16-38-17-21-13-14-37(32(41)36-26-12-9-22(33)15-25(26)34)18-28(21)43-29-24(31(38)40)3-2-4-27(29)35-30(39)20-7-8-20/h2-6,9-12,15,20-21,28H,7-8,13-14,16-18H2,1H3,(H,35,39)(H,36,41)/t21-,28-/m0/s1. The fraction of sp³-hybridized carbons (Fsp3) is 0.344. The van der Waals surface area contributed by atoms with E-state index in [-0.39, 0.29) is 41.6 Å². The molecule has 2 atom stereocenters. The van der Waals surface area contributed by atoms with Crippen molar-refractivity contribution in [1.82, 2.24) is 9.80 Å². The van der Waals surface area contributed by atoms with Gasteiger partial charge in [-0.2, -0.15) is 0 Å². The lowest BCUT2D eigenvalue weighted by Gasteiger charge is -2.42. The van der Waals surface area contributed by atoms with Crippen molar-refractivity contribution in [3.05, 3.63) is 83.4 Å². The molecule has 2 fully saturated rings. The van der Waals surface area contributed by atoms with E-state index >= 15 is 0 Å². The second-order valence-corrected chi connectivity index (χ2v) is 11.2. The number of likely N-dealkylation sites (tertiary alicyclic amines) is 1. The zero-order chi connectivity index (χ0) is 30.1. The molecule has 4 amide bonds. The van der Waals surface area contributed by atoms with E-state index in [1.807, 2.05) is 24.3 Å². The predicted octanol–water partition coefficient (Wildman–Crippen LogP) is 5.28. The number of hydrogen-bond donors (Lipinski definition) is 2. The van der Waals surface area contributed by atoms with Gasteiger partial charge in [0.15, 0.2) is 5.75 Å². The number of benzene rings is 3. The maximum atomic E-state index is 14.2. The smallest absolute Gasteiger partial charge is 0.322 e. The van der Waals surface area contributed by atoms with Gasteiger partial charge in [-0.1, -0.05) is 18.2 Å². The minimum atomic E-state index is -0.872. The monoisotopic (exact) mass is 590 g/mol. The van der Waals surface area contributed by atoms with Crippen molar-refractivity contribution in [3.8, 4) is 11.5 Å². The normalized spacial score (nSPS) is 19.7. The van der Waals surface area contributed by atoms with Crippen LogP contribution in [-0.2, 0) is 11.3 Å². The zero-order valence-corrected chi connectivity index (χ0v) is 23.6. The number of anilines is 2. The lowest BCUT2D eigenvalue weighted by molar-refractivity contribution is -0.117. The van der Waals surface area contributed by atoms with E-state index in [0.717, 1.165) is 24.5 Å². The number of carbonyl (C=O) groups excluding carboxylic acids is 3. The number of rotatable bonds is 6. The molecule has 2 N–H and O–H groups in total. The number of hydrogen-bond acceptors (Lipinski definition) is 5. The highest BCUT2D eigenvalue weighted by atomic mass is 19.1. The SMILES string of the molecule is COc1ccc(CN2C[C@@H]3CCN(C(=O)Nc4ccc(F)cc4F)C[C@@H]3Oc3c(NC(=O)C4CC4)cccc3C2=O)cc1. The van der Waals surface area contributed by atoms with Crippen LogP contribution in [0.2, 0.25) is 0 Å². The Morgan fingerprint density at radius 3 is 2.49 bits per heavy atom. The first-order valence-electron chi connectivity index (χ1n) is 14.3. The summed E-state index contributed by atoms with van der Waals surface area (Å²) in [5, 5.41) is 5.46. The number of methoxy groups -OCH3 is 1. The largest absolute Gasteiger partial charge is 0.497 e. The summed E-state index contributed by atoms with van der Waals surface area (Å²) in [6, 6.07) is 15.0. The molecule has 0 bridgehead atoms. The average molecular weight is 591 g/mol. The number of nitrogens with one attached hydrogen (secondary N) is 2. The lowest BCUT2D eigenvalue weighted by atomic mass is 9.91. The molecule has 1 saturated carbocycles. The Bertz CT molecular complexity index is 1550. The van der Waals surface area contributed by atoms with Gasteiger partial charge in [0.2, 0.25) is 5.91 Å². The highest BCUT2D eigenvalue weighted by molar-refractivity contribution is 6.02. The summed E-state index contributed by atoms with van der Waals surface area (Å²) in [5.74, 6) is -1.16. The topological polar surface area (TPSA) is 100 Å². The molecular formula is C32H32F2N4O5. The van der Waals surface area contributed by atoms with Crippen LogP contribution in [0, 0.1) is 23.5 Å². The highest BCUT2D eigenvalue weighted by Gasteiger charge is 2.39. The van der Waals surface area contributed by atoms with Crippen molar-refractivity contribution >= 4 is 29.2 Å². The number of ether oxygens (including phenoxy) is 2. The Morgan fingerprint density at radius 2 is 1.77 bits per heavy atom. The van der Waals surface area contributed by atoms with Gasteiger partial charge >= 0.3 is 6.03 Å². The number of halogens is 2. The number of carbonyl (C=O) groups is 3. The van der Waals surface area contributed by atoms with Crippen LogP contribution >= 0.6 is 0 Å². The molecule has 0 aromatic heterocycles. The summed E-state index contributed by atoms with van der Waals surface area (Å²) in [4.78, 5) is 43.1. The minimum Gasteiger partial charge on any atom is -0.497 e. The van der Waals surface area contributed by atoms with E-state index in [0.29, 0.717) is 49.1 Å². The van der Waals surface area contributed by atoms with Gasteiger partial charge in [-0.05, 0) is 61.2 Å². The number of para-hydroxylation sites is 1. The molecule has 3 aliphatic rings. The number of nitrogens with zero attached hydrogens (tertiary/aromatic N) is 2. The third kappa shape index (κ3) is 6.25. The van der Waals surface area contributed by atoms with Crippen molar-refractivity contribution in [2.24, 2.45) is 11.8 Å². The van der Waals surface area contributed by atoms with Gasteiger partial charge in [0, 0.05) is 37.5 Å². The van der Waals surface area contributed by atoms with Gasteiger partial charge in [-0.15, -0.1) is 0 Å². The number of fused-ring (bicyclic) bond motifs is 2. The second-order valence-electron chi connectivity index (χ2n) is 11.2. The first-order chi connectivity index (χ1) is 20.8. The van der Waals surface area contributed by atoms with Gasteiger partial charge in [0.1, 0.15) is 23.5 Å². The molecule has 0 radical (unpaired) electrons. The van der Waals surface area contributed by atoms with Crippen LogP contribution in [0.3, 0.4) is 0 Å². The van der Waals surface area contributed by atoms with Gasteiger partial charge in [0.05, 0.1) is 30.6 Å². The van der Waals surface area contributed by atoms with Gasteiger partial charge in [-0.3, -0.25) is 9.59 Å². The summed E-state index contributed by atoms with van der Waals surface area (Å²) in [5.41, 5.74) is 1.52. The van der Waals surface area contributed by atoms with Crippen LogP contribution in [0.4, 0.5) is 25.0 Å². The summed E-state index contributed by atoms with van der Waals surface area (Å²) >= 11 is 0. The van der Waals surface area contributed by atoms with Crippen LogP contribution in [0.15, 0.2) is 60.7 Å². The molecule has 3 aromatic carbocycles. The molecule has 11 heteroatoms. The van der Waals surface area contributed by atoms with Crippen molar-refractivity contribution < 1.29 is 32.6 Å². The van der Waals surface area contributed by atoms with Crippen LogP contribution in [-0.4, -0.2) is 60.5 Å². The van der Waals surface area contributed by atoms with Crippen molar-refractivity contribution in [3.63, 3.8) is 0 Å². The van der Waals surface area contributed by atoms with E-state index in [4.69, 9.17) is 9.47 Å². The quantitative estimate of drug-likeness (QED) is 0.407. The van der Waals surface area contributed by atoms with Crippen LogP contribution < -0.4 is 20.1 Å². The lowest BCUT2D eigenvalue weighted by Crippen LogP contribution is -2.54. The van der Waals surface area contributed by atoms with E-state index in [1.54, 1.807) is 30.2 Å². The van der Waals surface area contributed by atoms with E-state index in [9.17, 15) is 23.2 Å². The molecule has 2 aliphatic heterocycles. The third-order valence-corrected chi connectivity index (χ3v) is 8.15. The van der Waals surface area contributed by atoms with Crippen LogP contribution in [0.25, 0.3) is 0 Å². The first kappa shape index (κ1) is 28.4. The molecule has 6 rings (SSSR count). The second kappa shape index (κ2) is 11.9.